The molecular formula is C23H32IN5O. The molecule has 2 aromatic rings. The molecule has 0 amide bonds. The van der Waals surface area contributed by atoms with Gasteiger partial charge in [-0.05, 0) is 55.4 Å². The summed E-state index contributed by atoms with van der Waals surface area (Å²) < 4.78 is 5.79. The number of anilines is 1. The zero-order valence-electron chi connectivity index (χ0n) is 17.6. The molecule has 0 radical (unpaired) electrons. The van der Waals surface area contributed by atoms with Crippen molar-refractivity contribution < 1.29 is 4.74 Å². The molecule has 4 rings (SSSR count). The van der Waals surface area contributed by atoms with E-state index in [1.165, 1.54) is 24.9 Å². The topological polar surface area (TPSA) is 61.8 Å². The van der Waals surface area contributed by atoms with Crippen molar-refractivity contribution in [2.45, 2.75) is 38.3 Å². The third-order valence-corrected chi connectivity index (χ3v) is 5.53. The Bertz CT molecular complexity index is 812. The highest BCUT2D eigenvalue weighted by Crippen LogP contribution is 2.29. The Hall–Kier alpha value is -2.03. The van der Waals surface area contributed by atoms with Crippen LogP contribution in [0.1, 0.15) is 31.2 Å². The summed E-state index contributed by atoms with van der Waals surface area (Å²) in [7, 11) is 1.82. The van der Waals surface area contributed by atoms with Crippen LogP contribution in [0.4, 0.5) is 5.69 Å². The predicted molar refractivity (Wildman–Crippen MR) is 133 cm³/mol. The third kappa shape index (κ3) is 6.75. The molecule has 1 saturated carbocycles. The van der Waals surface area contributed by atoms with Gasteiger partial charge in [0.1, 0.15) is 0 Å². The average molecular weight is 521 g/mol. The highest BCUT2D eigenvalue weighted by molar-refractivity contribution is 14.0. The number of pyridine rings is 1. The largest absolute Gasteiger partial charge is 0.477 e. The van der Waals surface area contributed by atoms with Crippen molar-refractivity contribution in [2.24, 2.45) is 10.9 Å². The van der Waals surface area contributed by atoms with E-state index < -0.39 is 0 Å². The minimum absolute atomic E-state index is 0. The van der Waals surface area contributed by atoms with E-state index in [2.05, 4.69) is 55.8 Å². The van der Waals surface area contributed by atoms with Gasteiger partial charge in [-0.25, -0.2) is 4.98 Å². The fraction of sp³-hybridized carbons (Fsp3) is 0.478. The second-order valence-corrected chi connectivity index (χ2v) is 7.95. The Balaban J connectivity index is 0.00000256. The Labute approximate surface area is 196 Å². The van der Waals surface area contributed by atoms with Gasteiger partial charge in [-0.1, -0.05) is 18.2 Å². The minimum atomic E-state index is 0. The van der Waals surface area contributed by atoms with Crippen LogP contribution in [0, 0.1) is 5.92 Å². The first-order valence-electron chi connectivity index (χ1n) is 10.6. The maximum absolute atomic E-state index is 5.79. The van der Waals surface area contributed by atoms with Crippen molar-refractivity contribution in [3.8, 4) is 5.88 Å². The van der Waals surface area contributed by atoms with E-state index in [4.69, 9.17) is 4.74 Å². The fourth-order valence-corrected chi connectivity index (χ4v) is 3.67. The first-order chi connectivity index (χ1) is 14.3. The number of nitrogens with one attached hydrogen (secondary N) is 2. The standard InChI is InChI=1S/C23H31N5O.HI/c1-24-23(26-15-19-11-12-25-22(14-19)29-17-18-9-10-18)27-20-6-5-13-28(16-20)21-7-3-2-4-8-21;/h2-4,7-8,11-12,14,18,20H,5-6,9-10,13,15-17H2,1H3,(H2,24,26,27);1H. The summed E-state index contributed by atoms with van der Waals surface area (Å²) in [5.74, 6) is 2.28. The van der Waals surface area contributed by atoms with E-state index in [-0.39, 0.29) is 24.0 Å². The van der Waals surface area contributed by atoms with Crippen molar-refractivity contribution in [1.29, 1.82) is 0 Å². The van der Waals surface area contributed by atoms with Crippen LogP contribution in [0.15, 0.2) is 53.7 Å². The molecule has 2 fully saturated rings. The Morgan fingerprint density at radius 3 is 2.80 bits per heavy atom. The van der Waals surface area contributed by atoms with Crippen LogP contribution in [0.25, 0.3) is 0 Å². The lowest BCUT2D eigenvalue weighted by molar-refractivity contribution is 0.288. The average Bonchev–Trinajstić information content (AvgIpc) is 3.61. The van der Waals surface area contributed by atoms with E-state index in [1.807, 2.05) is 25.4 Å². The number of ether oxygens (including phenoxy) is 1. The monoisotopic (exact) mass is 521 g/mol. The molecule has 0 bridgehead atoms. The molecule has 0 spiro atoms. The molecule has 1 aromatic heterocycles. The smallest absolute Gasteiger partial charge is 0.213 e. The van der Waals surface area contributed by atoms with Crippen LogP contribution < -0.4 is 20.3 Å². The van der Waals surface area contributed by atoms with Gasteiger partial charge in [-0.15, -0.1) is 24.0 Å². The van der Waals surface area contributed by atoms with Gasteiger partial charge in [-0.2, -0.15) is 0 Å². The summed E-state index contributed by atoms with van der Waals surface area (Å²) in [5, 5.41) is 7.02. The van der Waals surface area contributed by atoms with E-state index in [0.717, 1.165) is 43.6 Å². The molecule has 162 valence electrons. The highest BCUT2D eigenvalue weighted by atomic mass is 127. The maximum Gasteiger partial charge on any atom is 0.213 e. The molecule has 1 unspecified atom stereocenters. The van der Waals surface area contributed by atoms with E-state index >= 15 is 0 Å². The van der Waals surface area contributed by atoms with Crippen LogP contribution in [-0.2, 0) is 6.54 Å². The molecule has 2 heterocycles. The molecular weight excluding hydrogens is 489 g/mol. The molecule has 2 N–H and O–H groups in total. The van der Waals surface area contributed by atoms with Gasteiger partial charge in [0.15, 0.2) is 5.96 Å². The van der Waals surface area contributed by atoms with Crippen molar-refractivity contribution in [3.63, 3.8) is 0 Å². The second-order valence-electron chi connectivity index (χ2n) is 7.95. The van der Waals surface area contributed by atoms with Crippen molar-refractivity contribution in [2.75, 3.05) is 31.6 Å². The molecule has 1 aliphatic carbocycles. The van der Waals surface area contributed by atoms with Gasteiger partial charge in [0, 0.05) is 50.7 Å². The number of nitrogens with zero attached hydrogens (tertiary/aromatic N) is 3. The van der Waals surface area contributed by atoms with Gasteiger partial charge in [0.2, 0.25) is 5.88 Å². The van der Waals surface area contributed by atoms with Gasteiger partial charge in [0.05, 0.1) is 6.61 Å². The summed E-state index contributed by atoms with van der Waals surface area (Å²) in [5.41, 5.74) is 2.43. The van der Waals surface area contributed by atoms with Crippen LogP contribution in [-0.4, -0.2) is 43.7 Å². The number of halogens is 1. The quantitative estimate of drug-likeness (QED) is 0.330. The Morgan fingerprint density at radius 2 is 2.03 bits per heavy atom. The lowest BCUT2D eigenvalue weighted by Gasteiger charge is -2.35. The third-order valence-electron chi connectivity index (χ3n) is 5.53. The van der Waals surface area contributed by atoms with Gasteiger partial charge in [-0.3, -0.25) is 4.99 Å². The Morgan fingerprint density at radius 1 is 1.20 bits per heavy atom. The number of aliphatic imine (C=N–C) groups is 1. The van der Waals surface area contributed by atoms with Crippen LogP contribution in [0.2, 0.25) is 0 Å². The van der Waals surface area contributed by atoms with Crippen LogP contribution in [0.3, 0.4) is 0 Å². The molecule has 6 nitrogen and oxygen atoms in total. The second kappa shape index (κ2) is 11.4. The van der Waals surface area contributed by atoms with Crippen LogP contribution in [0.5, 0.6) is 5.88 Å². The molecule has 7 heteroatoms. The summed E-state index contributed by atoms with van der Waals surface area (Å²) in [4.78, 5) is 11.2. The summed E-state index contributed by atoms with van der Waals surface area (Å²) in [6.07, 6.45) is 6.71. The first-order valence-corrected chi connectivity index (χ1v) is 10.6. The number of aromatic nitrogens is 1. The SMILES string of the molecule is CN=C(NCc1ccnc(OCC2CC2)c1)NC1CCCN(c2ccccc2)C1.I. The Kier molecular flexibility index (Phi) is 8.60. The number of benzene rings is 1. The highest BCUT2D eigenvalue weighted by Gasteiger charge is 2.22. The number of piperidine rings is 1. The summed E-state index contributed by atoms with van der Waals surface area (Å²) in [6, 6.07) is 15.0. The molecule has 1 aromatic carbocycles. The van der Waals surface area contributed by atoms with E-state index in [9.17, 15) is 0 Å². The van der Waals surface area contributed by atoms with Crippen molar-refractivity contribution in [3.05, 3.63) is 54.2 Å². The fourth-order valence-electron chi connectivity index (χ4n) is 3.67. The van der Waals surface area contributed by atoms with Gasteiger partial charge in [0.25, 0.3) is 0 Å². The first kappa shape index (κ1) is 22.7. The minimum Gasteiger partial charge on any atom is -0.477 e. The van der Waals surface area contributed by atoms with Gasteiger partial charge < -0.3 is 20.3 Å². The van der Waals surface area contributed by atoms with Crippen molar-refractivity contribution >= 4 is 35.6 Å². The van der Waals surface area contributed by atoms with E-state index in [0.29, 0.717) is 18.5 Å². The molecule has 1 saturated heterocycles. The van der Waals surface area contributed by atoms with Gasteiger partial charge >= 0.3 is 0 Å². The van der Waals surface area contributed by atoms with E-state index in [1.54, 1.807) is 0 Å². The number of hydrogen-bond acceptors (Lipinski definition) is 4. The zero-order valence-corrected chi connectivity index (χ0v) is 19.9. The number of guanidine groups is 1. The van der Waals surface area contributed by atoms with Crippen LogP contribution >= 0.6 is 24.0 Å². The molecule has 30 heavy (non-hydrogen) atoms. The van der Waals surface area contributed by atoms with Crippen molar-refractivity contribution in [1.82, 2.24) is 15.6 Å². The molecule has 2 aliphatic rings. The lowest BCUT2D eigenvalue weighted by Crippen LogP contribution is -2.51. The summed E-state index contributed by atoms with van der Waals surface area (Å²) in [6.45, 7) is 3.57. The normalized spacial score (nSPS) is 19.0. The number of rotatable bonds is 7. The number of hydrogen-bond donors (Lipinski definition) is 2. The molecule has 1 atom stereocenters. The number of para-hydroxylation sites is 1. The predicted octanol–water partition coefficient (Wildman–Crippen LogP) is 3.82. The summed E-state index contributed by atoms with van der Waals surface area (Å²) >= 11 is 0. The maximum atomic E-state index is 5.79. The molecule has 1 aliphatic heterocycles. The lowest BCUT2D eigenvalue weighted by atomic mass is 10.1. The zero-order chi connectivity index (χ0) is 19.9.